The van der Waals surface area contributed by atoms with Gasteiger partial charge in [-0.2, -0.15) is 0 Å². The molecule has 0 rings (SSSR count). The second-order valence-corrected chi connectivity index (χ2v) is 3.84. The molecule has 3 nitrogen and oxygen atoms in total. The van der Waals surface area contributed by atoms with Gasteiger partial charge in [0.25, 0.3) is 0 Å². The topological polar surface area (TPSA) is 29.5 Å². The third-order valence-electron chi connectivity index (χ3n) is 2.74. The lowest BCUT2D eigenvalue weighted by Gasteiger charge is -2.20. The van der Waals surface area contributed by atoms with Gasteiger partial charge in [-0.15, -0.1) is 0 Å². The monoisotopic (exact) mass is 215 g/mol. The summed E-state index contributed by atoms with van der Waals surface area (Å²) in [5.74, 6) is 0.530. The number of likely N-dealkylation sites (N-methyl/N-ethyl adjacent to an activating group) is 1. The van der Waals surface area contributed by atoms with Crippen LogP contribution in [0.3, 0.4) is 0 Å². The molecule has 1 unspecified atom stereocenters. The number of Topliss-reactive ketones (excluding diaryl/α,β-unsaturated/α-hetero) is 1. The summed E-state index contributed by atoms with van der Waals surface area (Å²) in [6, 6.07) is 0. The van der Waals surface area contributed by atoms with Crippen LogP contribution < -0.4 is 0 Å². The Morgan fingerprint density at radius 3 is 2.47 bits per heavy atom. The van der Waals surface area contributed by atoms with Gasteiger partial charge in [-0.3, -0.25) is 9.69 Å². The van der Waals surface area contributed by atoms with E-state index in [0.29, 0.717) is 12.3 Å². The predicted octanol–water partition coefficient (Wildman–Crippen LogP) is 1.96. The molecule has 0 radical (unpaired) electrons. The van der Waals surface area contributed by atoms with E-state index in [9.17, 15) is 4.79 Å². The van der Waals surface area contributed by atoms with Gasteiger partial charge in [0.2, 0.25) is 0 Å². The average Bonchev–Trinajstić information content (AvgIpc) is 2.26. The zero-order valence-corrected chi connectivity index (χ0v) is 10.6. The minimum Gasteiger partial charge on any atom is -0.380 e. The van der Waals surface area contributed by atoms with E-state index in [4.69, 9.17) is 4.74 Å². The summed E-state index contributed by atoms with van der Waals surface area (Å²) in [5, 5.41) is 0. The third kappa shape index (κ3) is 6.63. The lowest BCUT2D eigenvalue weighted by molar-refractivity contribution is -0.123. The Balaban J connectivity index is 3.82. The largest absolute Gasteiger partial charge is 0.380 e. The SMILES string of the molecule is CCOCCN(CC)CC(=O)C(C)CC. The molecule has 0 aromatic carbocycles. The highest BCUT2D eigenvalue weighted by Crippen LogP contribution is 2.03. The molecule has 0 amide bonds. The van der Waals surface area contributed by atoms with E-state index in [-0.39, 0.29) is 5.92 Å². The van der Waals surface area contributed by atoms with E-state index in [2.05, 4.69) is 18.7 Å². The second-order valence-electron chi connectivity index (χ2n) is 3.84. The first-order valence-electron chi connectivity index (χ1n) is 5.98. The van der Waals surface area contributed by atoms with Gasteiger partial charge in [0.1, 0.15) is 5.78 Å². The molecule has 3 heteroatoms. The minimum atomic E-state index is 0.186. The normalized spacial score (nSPS) is 13.1. The van der Waals surface area contributed by atoms with E-state index in [0.717, 1.165) is 32.7 Å². The van der Waals surface area contributed by atoms with Gasteiger partial charge < -0.3 is 4.74 Å². The summed E-state index contributed by atoms with van der Waals surface area (Å²) >= 11 is 0. The van der Waals surface area contributed by atoms with E-state index in [1.54, 1.807) is 0 Å². The first kappa shape index (κ1) is 14.6. The van der Waals surface area contributed by atoms with Crippen LogP contribution in [0.25, 0.3) is 0 Å². The molecule has 0 fully saturated rings. The molecule has 0 heterocycles. The van der Waals surface area contributed by atoms with Crippen molar-refractivity contribution in [2.24, 2.45) is 5.92 Å². The van der Waals surface area contributed by atoms with Crippen molar-refractivity contribution in [3.63, 3.8) is 0 Å². The van der Waals surface area contributed by atoms with E-state index in [1.807, 2.05) is 13.8 Å². The molecular formula is C12H25NO2. The highest BCUT2D eigenvalue weighted by molar-refractivity contribution is 5.82. The molecule has 1 atom stereocenters. The Kier molecular flexibility index (Phi) is 8.62. The van der Waals surface area contributed by atoms with Gasteiger partial charge >= 0.3 is 0 Å². The number of hydrogen-bond donors (Lipinski definition) is 0. The molecule has 0 aliphatic heterocycles. The number of ether oxygens (including phenoxy) is 1. The molecule has 0 aliphatic rings. The summed E-state index contributed by atoms with van der Waals surface area (Å²) in [4.78, 5) is 13.8. The number of nitrogens with zero attached hydrogens (tertiary/aromatic N) is 1. The third-order valence-corrected chi connectivity index (χ3v) is 2.74. The van der Waals surface area contributed by atoms with Crippen molar-refractivity contribution in [1.29, 1.82) is 0 Å². The maximum absolute atomic E-state index is 11.7. The van der Waals surface area contributed by atoms with Gasteiger partial charge in [0.15, 0.2) is 0 Å². The van der Waals surface area contributed by atoms with Crippen molar-refractivity contribution in [2.45, 2.75) is 34.1 Å². The molecule has 0 bridgehead atoms. The van der Waals surface area contributed by atoms with Crippen LogP contribution in [0.15, 0.2) is 0 Å². The molecule has 90 valence electrons. The highest BCUT2D eigenvalue weighted by atomic mass is 16.5. The molecule has 0 aromatic rings. The Labute approximate surface area is 93.8 Å². The first-order valence-corrected chi connectivity index (χ1v) is 5.98. The number of carbonyl (C=O) groups excluding carboxylic acids is 1. The Hall–Kier alpha value is -0.410. The number of ketones is 1. The van der Waals surface area contributed by atoms with Gasteiger partial charge in [-0.25, -0.2) is 0 Å². The van der Waals surface area contributed by atoms with Crippen molar-refractivity contribution < 1.29 is 9.53 Å². The number of carbonyl (C=O) groups is 1. The minimum absolute atomic E-state index is 0.186. The number of hydrogen-bond acceptors (Lipinski definition) is 3. The zero-order valence-electron chi connectivity index (χ0n) is 10.6. The first-order chi connectivity index (χ1) is 7.15. The lowest BCUT2D eigenvalue weighted by Crippen LogP contribution is -2.34. The summed E-state index contributed by atoms with van der Waals surface area (Å²) in [6.45, 7) is 11.9. The van der Waals surface area contributed by atoms with E-state index in [1.165, 1.54) is 0 Å². The quantitative estimate of drug-likeness (QED) is 0.551. The Morgan fingerprint density at radius 2 is 2.00 bits per heavy atom. The van der Waals surface area contributed by atoms with E-state index >= 15 is 0 Å². The predicted molar refractivity (Wildman–Crippen MR) is 63.1 cm³/mol. The van der Waals surface area contributed by atoms with Crippen LogP contribution in [0.4, 0.5) is 0 Å². The van der Waals surface area contributed by atoms with Crippen molar-refractivity contribution in [2.75, 3.05) is 32.8 Å². The zero-order chi connectivity index (χ0) is 11.7. The molecule has 0 spiro atoms. The summed E-state index contributed by atoms with van der Waals surface area (Å²) in [6.07, 6.45) is 0.932. The lowest BCUT2D eigenvalue weighted by atomic mass is 10.0. The highest BCUT2D eigenvalue weighted by Gasteiger charge is 2.14. The van der Waals surface area contributed by atoms with Gasteiger partial charge in [-0.05, 0) is 19.9 Å². The van der Waals surface area contributed by atoms with Crippen LogP contribution >= 0.6 is 0 Å². The average molecular weight is 215 g/mol. The molecule has 0 saturated carbocycles. The van der Waals surface area contributed by atoms with Crippen LogP contribution in [-0.4, -0.2) is 43.5 Å². The van der Waals surface area contributed by atoms with Crippen LogP contribution in [0, 0.1) is 5.92 Å². The molecule has 0 N–H and O–H groups in total. The molecule has 0 aliphatic carbocycles. The smallest absolute Gasteiger partial charge is 0.149 e. The number of rotatable bonds is 9. The van der Waals surface area contributed by atoms with Crippen molar-refractivity contribution in [1.82, 2.24) is 4.90 Å². The molecule has 0 aromatic heterocycles. The van der Waals surface area contributed by atoms with Gasteiger partial charge in [-0.1, -0.05) is 20.8 Å². The summed E-state index contributed by atoms with van der Waals surface area (Å²) < 4.78 is 5.28. The summed E-state index contributed by atoms with van der Waals surface area (Å²) in [5.41, 5.74) is 0. The van der Waals surface area contributed by atoms with Crippen LogP contribution in [0.5, 0.6) is 0 Å². The van der Waals surface area contributed by atoms with Crippen molar-refractivity contribution in [3.05, 3.63) is 0 Å². The maximum Gasteiger partial charge on any atom is 0.149 e. The standard InChI is InChI=1S/C12H25NO2/c1-5-11(4)12(14)10-13(6-2)8-9-15-7-3/h11H,5-10H2,1-4H3. The van der Waals surface area contributed by atoms with Crippen LogP contribution in [0.1, 0.15) is 34.1 Å². The molecular weight excluding hydrogens is 190 g/mol. The molecule has 15 heavy (non-hydrogen) atoms. The summed E-state index contributed by atoms with van der Waals surface area (Å²) in [7, 11) is 0. The van der Waals surface area contributed by atoms with Gasteiger partial charge in [0.05, 0.1) is 13.2 Å². The fourth-order valence-corrected chi connectivity index (χ4v) is 1.29. The Morgan fingerprint density at radius 1 is 1.33 bits per heavy atom. The maximum atomic E-state index is 11.7. The fraction of sp³-hybridized carbons (Fsp3) is 0.917. The van der Waals surface area contributed by atoms with Crippen LogP contribution in [0.2, 0.25) is 0 Å². The van der Waals surface area contributed by atoms with Crippen molar-refractivity contribution >= 4 is 5.78 Å². The fourth-order valence-electron chi connectivity index (χ4n) is 1.29. The van der Waals surface area contributed by atoms with Gasteiger partial charge in [0, 0.05) is 19.1 Å². The second kappa shape index (κ2) is 8.86. The molecule has 0 saturated heterocycles. The van der Waals surface area contributed by atoms with Crippen LogP contribution in [-0.2, 0) is 9.53 Å². The van der Waals surface area contributed by atoms with Crippen molar-refractivity contribution in [3.8, 4) is 0 Å². The van der Waals surface area contributed by atoms with E-state index < -0.39 is 0 Å². The Bertz CT molecular complexity index is 171.